The maximum absolute atomic E-state index is 9.94. The summed E-state index contributed by atoms with van der Waals surface area (Å²) in [5, 5.41) is 0. The molecule has 0 spiro atoms. The second-order valence-corrected chi connectivity index (χ2v) is 2.90. The smallest absolute Gasteiger partial charge is 0.265 e. The monoisotopic (exact) mass is 184 g/mol. The van der Waals surface area contributed by atoms with Crippen LogP contribution in [0.2, 0.25) is 0 Å². The Morgan fingerprint density at radius 3 is 2.55 bits per heavy atom. The molecule has 1 atom stereocenters. The fourth-order valence-electron chi connectivity index (χ4n) is 0.397. The number of hydrogen-bond acceptors (Lipinski definition) is 5. The van der Waals surface area contributed by atoms with Crippen LogP contribution in [0.1, 0.15) is 0 Å². The number of phosphoric acid groups is 1. The molecule has 7 heteroatoms. The molecule has 0 aromatic heterocycles. The van der Waals surface area contributed by atoms with Crippen molar-refractivity contribution in [2.45, 2.75) is 0 Å². The third-order valence-electron chi connectivity index (χ3n) is 0.744. The fraction of sp³-hybridized carbons (Fsp3) is 1.00. The summed E-state index contributed by atoms with van der Waals surface area (Å²) >= 11 is 0. The Balaban J connectivity index is 3.09. The molecule has 0 amide bonds. The molecule has 0 saturated heterocycles. The van der Waals surface area contributed by atoms with Crippen molar-refractivity contribution in [3.63, 3.8) is 0 Å². The summed E-state index contributed by atoms with van der Waals surface area (Å²) in [5.41, 5.74) is 5.06. The highest BCUT2D eigenvalue weighted by Crippen LogP contribution is 2.29. The first-order valence-corrected chi connectivity index (χ1v) is 4.52. The van der Waals surface area contributed by atoms with Gasteiger partial charge in [0.1, 0.15) is 0 Å². The van der Waals surface area contributed by atoms with Crippen LogP contribution >= 0.6 is 7.82 Å². The van der Waals surface area contributed by atoms with Crippen LogP contribution in [0.15, 0.2) is 0 Å². The van der Waals surface area contributed by atoms with E-state index in [0.717, 1.165) is 0 Å². The summed E-state index contributed by atoms with van der Waals surface area (Å²) in [5.74, 6) is 0. The van der Waals surface area contributed by atoms with Crippen molar-refractivity contribution < 1.29 is 23.6 Å². The standard InChI is InChI=1S/C4H12NO5P/c5-1-2-9-3-4-10-11(6,7)8/h1-5H2,(H2,6,7,8)/p-1. The Kier molecular flexibility index (Phi) is 5.67. The Bertz CT molecular complexity index is 134. The van der Waals surface area contributed by atoms with E-state index in [9.17, 15) is 9.46 Å². The Hall–Kier alpha value is 0.0300. The van der Waals surface area contributed by atoms with Gasteiger partial charge in [-0.15, -0.1) is 0 Å². The minimum absolute atomic E-state index is 0.101. The van der Waals surface area contributed by atoms with Crippen molar-refractivity contribution in [2.75, 3.05) is 26.4 Å². The second kappa shape index (κ2) is 5.65. The molecule has 0 aliphatic carbocycles. The van der Waals surface area contributed by atoms with Gasteiger partial charge in [0.05, 0.1) is 19.8 Å². The molecular weight excluding hydrogens is 173 g/mol. The molecule has 0 bridgehead atoms. The lowest BCUT2D eigenvalue weighted by atomic mass is 10.7. The molecule has 0 aliphatic heterocycles. The molecule has 0 radical (unpaired) electrons. The van der Waals surface area contributed by atoms with Crippen LogP contribution < -0.4 is 10.6 Å². The van der Waals surface area contributed by atoms with Gasteiger partial charge in [-0.2, -0.15) is 0 Å². The van der Waals surface area contributed by atoms with Gasteiger partial charge < -0.3 is 24.8 Å². The molecule has 0 saturated carbocycles. The van der Waals surface area contributed by atoms with E-state index in [1.165, 1.54) is 0 Å². The van der Waals surface area contributed by atoms with Crippen molar-refractivity contribution >= 4 is 7.82 Å². The van der Waals surface area contributed by atoms with Gasteiger partial charge in [0.25, 0.3) is 7.82 Å². The van der Waals surface area contributed by atoms with Gasteiger partial charge in [-0.05, 0) is 0 Å². The van der Waals surface area contributed by atoms with E-state index in [2.05, 4.69) is 4.52 Å². The van der Waals surface area contributed by atoms with Gasteiger partial charge in [0, 0.05) is 6.54 Å². The predicted octanol–water partition coefficient (Wildman–Crippen LogP) is -1.56. The summed E-state index contributed by atoms with van der Waals surface area (Å²) in [6.45, 7) is 0.632. The average molecular weight is 184 g/mol. The maximum Gasteiger partial charge on any atom is 0.265 e. The molecule has 6 nitrogen and oxygen atoms in total. The summed E-state index contributed by atoms with van der Waals surface area (Å²) in [6, 6.07) is 0. The number of rotatable bonds is 6. The summed E-state index contributed by atoms with van der Waals surface area (Å²) < 4.78 is 18.7. The molecule has 3 N–H and O–H groups in total. The van der Waals surface area contributed by atoms with E-state index >= 15 is 0 Å². The van der Waals surface area contributed by atoms with Gasteiger partial charge in [0.15, 0.2) is 0 Å². The van der Waals surface area contributed by atoms with E-state index in [4.69, 9.17) is 15.4 Å². The van der Waals surface area contributed by atoms with Crippen molar-refractivity contribution in [1.82, 2.24) is 0 Å². The van der Waals surface area contributed by atoms with Gasteiger partial charge in [-0.3, -0.25) is 4.57 Å². The molecule has 68 valence electrons. The highest BCUT2D eigenvalue weighted by Gasteiger charge is 1.99. The van der Waals surface area contributed by atoms with Crippen LogP contribution in [0.4, 0.5) is 0 Å². The highest BCUT2D eigenvalue weighted by atomic mass is 31.2. The van der Waals surface area contributed by atoms with Gasteiger partial charge in [0.2, 0.25) is 0 Å². The first kappa shape index (κ1) is 11.0. The molecule has 0 rings (SSSR count). The summed E-state index contributed by atoms with van der Waals surface area (Å²) in [4.78, 5) is 18.0. The van der Waals surface area contributed by atoms with Crippen molar-refractivity contribution in [1.29, 1.82) is 0 Å². The minimum Gasteiger partial charge on any atom is -0.756 e. The van der Waals surface area contributed by atoms with E-state index < -0.39 is 7.82 Å². The molecule has 0 fully saturated rings. The number of ether oxygens (including phenoxy) is 1. The zero-order valence-corrected chi connectivity index (χ0v) is 6.83. The lowest BCUT2D eigenvalue weighted by Crippen LogP contribution is -2.13. The molecule has 0 heterocycles. The van der Waals surface area contributed by atoms with E-state index in [1.807, 2.05) is 0 Å². The molecule has 0 aromatic rings. The molecule has 0 aliphatic rings. The third kappa shape index (κ3) is 10.0. The normalized spacial score (nSPS) is 16.3. The SMILES string of the molecule is NCCOCCOP(=O)([O-])O. The zero-order valence-electron chi connectivity index (χ0n) is 5.93. The Morgan fingerprint density at radius 1 is 1.45 bits per heavy atom. The lowest BCUT2D eigenvalue weighted by molar-refractivity contribution is -0.220. The lowest BCUT2D eigenvalue weighted by Gasteiger charge is -2.14. The average Bonchev–Trinajstić information content (AvgIpc) is 1.85. The predicted molar refractivity (Wildman–Crippen MR) is 35.7 cm³/mol. The quantitative estimate of drug-likeness (QED) is 0.382. The van der Waals surface area contributed by atoms with Crippen LogP contribution in [0.3, 0.4) is 0 Å². The van der Waals surface area contributed by atoms with E-state index in [0.29, 0.717) is 13.2 Å². The first-order chi connectivity index (χ1) is 5.06. The second-order valence-electron chi connectivity index (χ2n) is 1.70. The zero-order chi connectivity index (χ0) is 8.74. The molecule has 0 aromatic carbocycles. The van der Waals surface area contributed by atoms with Crippen LogP contribution in [-0.2, 0) is 13.8 Å². The number of phosphoric ester groups is 1. The largest absolute Gasteiger partial charge is 0.756 e. The summed E-state index contributed by atoms with van der Waals surface area (Å²) in [7, 11) is -4.58. The Morgan fingerprint density at radius 2 is 2.09 bits per heavy atom. The van der Waals surface area contributed by atoms with Crippen molar-refractivity contribution in [3.8, 4) is 0 Å². The van der Waals surface area contributed by atoms with Gasteiger partial charge in [-0.25, -0.2) is 0 Å². The number of hydrogen-bond donors (Lipinski definition) is 2. The van der Waals surface area contributed by atoms with Crippen LogP contribution in [0.5, 0.6) is 0 Å². The fourth-order valence-corrected chi connectivity index (χ4v) is 0.702. The van der Waals surface area contributed by atoms with Gasteiger partial charge >= 0.3 is 0 Å². The van der Waals surface area contributed by atoms with E-state index in [-0.39, 0.29) is 13.2 Å². The minimum atomic E-state index is -4.58. The molecule has 11 heavy (non-hydrogen) atoms. The van der Waals surface area contributed by atoms with Gasteiger partial charge in [-0.1, -0.05) is 0 Å². The van der Waals surface area contributed by atoms with Crippen molar-refractivity contribution in [3.05, 3.63) is 0 Å². The Labute approximate surface area is 64.5 Å². The number of nitrogens with two attached hydrogens (primary N) is 1. The van der Waals surface area contributed by atoms with Crippen LogP contribution in [-0.4, -0.2) is 31.3 Å². The molecular formula is C4H11NO5P-. The third-order valence-corrected chi connectivity index (χ3v) is 1.25. The maximum atomic E-state index is 9.94. The first-order valence-electron chi connectivity index (χ1n) is 3.02. The topological polar surface area (TPSA) is 105 Å². The summed E-state index contributed by atoms with van der Waals surface area (Å²) in [6.07, 6.45) is 0. The highest BCUT2D eigenvalue weighted by molar-refractivity contribution is 7.44. The van der Waals surface area contributed by atoms with Crippen molar-refractivity contribution in [2.24, 2.45) is 5.73 Å². The molecule has 1 unspecified atom stereocenters. The van der Waals surface area contributed by atoms with Crippen LogP contribution in [0.25, 0.3) is 0 Å². The van der Waals surface area contributed by atoms with E-state index in [1.54, 1.807) is 0 Å². The van der Waals surface area contributed by atoms with Crippen LogP contribution in [0, 0.1) is 0 Å².